The molecule has 2 nitrogen and oxygen atoms in total. The first kappa shape index (κ1) is 14.6. The highest BCUT2D eigenvalue weighted by Gasteiger charge is 2.10. The number of anilines is 1. The van der Waals surface area contributed by atoms with Gasteiger partial charge in [0.05, 0.1) is 0 Å². The zero-order valence-corrected chi connectivity index (χ0v) is 13.1. The summed E-state index contributed by atoms with van der Waals surface area (Å²) in [6, 6.07) is 12.7. The number of hydrogen-bond donors (Lipinski definition) is 0. The topological polar surface area (TPSA) is 16.1 Å². The van der Waals surface area contributed by atoms with Gasteiger partial charge in [-0.1, -0.05) is 36.9 Å². The number of pyridine rings is 1. The first-order valence-electron chi connectivity index (χ1n) is 7.95. The van der Waals surface area contributed by atoms with Crippen LogP contribution in [0.1, 0.15) is 30.0 Å². The SMILES string of the molecule is C=C(/C=C/c1ccc2c(c1)CCC2)N(CC)c1ccccn1. The molecule has 0 spiro atoms. The molecular weight excluding hydrogens is 268 g/mol. The van der Waals surface area contributed by atoms with E-state index in [1.54, 1.807) is 0 Å². The molecule has 1 aromatic carbocycles. The van der Waals surface area contributed by atoms with E-state index in [1.165, 1.54) is 36.0 Å². The fourth-order valence-electron chi connectivity index (χ4n) is 3.00. The smallest absolute Gasteiger partial charge is 0.132 e. The van der Waals surface area contributed by atoms with Crippen molar-refractivity contribution in [2.75, 3.05) is 11.4 Å². The molecule has 2 aromatic rings. The Morgan fingerprint density at radius 3 is 2.86 bits per heavy atom. The largest absolute Gasteiger partial charge is 0.327 e. The van der Waals surface area contributed by atoms with Gasteiger partial charge in [-0.25, -0.2) is 4.98 Å². The Morgan fingerprint density at radius 2 is 2.09 bits per heavy atom. The average Bonchev–Trinajstić information content (AvgIpc) is 3.02. The number of allylic oxidation sites excluding steroid dienone is 1. The van der Waals surface area contributed by atoms with Crippen LogP contribution in [0, 0.1) is 0 Å². The van der Waals surface area contributed by atoms with E-state index in [1.807, 2.05) is 24.4 Å². The average molecular weight is 290 g/mol. The molecule has 0 saturated heterocycles. The van der Waals surface area contributed by atoms with Gasteiger partial charge >= 0.3 is 0 Å². The number of fused-ring (bicyclic) bond motifs is 1. The van der Waals surface area contributed by atoms with Crippen LogP contribution in [0.4, 0.5) is 5.82 Å². The molecule has 0 amide bonds. The lowest BCUT2D eigenvalue weighted by Gasteiger charge is -2.22. The van der Waals surface area contributed by atoms with Crippen molar-refractivity contribution in [3.8, 4) is 0 Å². The van der Waals surface area contributed by atoms with Gasteiger partial charge in [-0.05, 0) is 61.1 Å². The summed E-state index contributed by atoms with van der Waals surface area (Å²) in [6.45, 7) is 7.15. The van der Waals surface area contributed by atoms with Gasteiger partial charge in [-0.3, -0.25) is 0 Å². The Balaban J connectivity index is 1.75. The monoisotopic (exact) mass is 290 g/mol. The third-order valence-electron chi connectivity index (χ3n) is 4.18. The Kier molecular flexibility index (Phi) is 4.38. The van der Waals surface area contributed by atoms with Gasteiger partial charge in [0.15, 0.2) is 0 Å². The molecule has 1 aliphatic carbocycles. The first-order valence-corrected chi connectivity index (χ1v) is 7.95. The molecule has 0 aliphatic heterocycles. The Labute approximate surface area is 132 Å². The number of likely N-dealkylation sites (N-methyl/N-ethyl adjacent to an activating group) is 1. The highest BCUT2D eigenvalue weighted by atomic mass is 15.2. The molecule has 0 unspecified atom stereocenters. The number of hydrogen-bond acceptors (Lipinski definition) is 2. The lowest BCUT2D eigenvalue weighted by Crippen LogP contribution is -2.21. The zero-order valence-electron chi connectivity index (χ0n) is 13.1. The molecule has 3 rings (SSSR count). The molecule has 1 aromatic heterocycles. The van der Waals surface area contributed by atoms with Gasteiger partial charge < -0.3 is 4.90 Å². The van der Waals surface area contributed by atoms with E-state index in [-0.39, 0.29) is 0 Å². The third kappa shape index (κ3) is 3.11. The number of rotatable bonds is 5. The molecule has 1 heterocycles. The Morgan fingerprint density at radius 1 is 1.23 bits per heavy atom. The van der Waals surface area contributed by atoms with Crippen molar-refractivity contribution in [2.24, 2.45) is 0 Å². The molecule has 1 aliphatic rings. The summed E-state index contributed by atoms with van der Waals surface area (Å²) >= 11 is 0. The number of aromatic nitrogens is 1. The van der Waals surface area contributed by atoms with E-state index in [0.29, 0.717) is 0 Å². The van der Waals surface area contributed by atoms with Gasteiger partial charge in [0.1, 0.15) is 5.82 Å². The van der Waals surface area contributed by atoms with E-state index in [0.717, 1.165) is 18.1 Å². The lowest BCUT2D eigenvalue weighted by molar-refractivity contribution is 0.912. The molecule has 2 heteroatoms. The van der Waals surface area contributed by atoms with Crippen LogP contribution >= 0.6 is 0 Å². The predicted molar refractivity (Wildman–Crippen MR) is 93.9 cm³/mol. The van der Waals surface area contributed by atoms with Crippen molar-refractivity contribution in [2.45, 2.75) is 26.2 Å². The molecule has 112 valence electrons. The van der Waals surface area contributed by atoms with E-state index in [4.69, 9.17) is 0 Å². The first-order chi connectivity index (χ1) is 10.8. The van der Waals surface area contributed by atoms with Crippen LogP contribution in [0.2, 0.25) is 0 Å². The maximum absolute atomic E-state index is 4.40. The summed E-state index contributed by atoms with van der Waals surface area (Å²) in [4.78, 5) is 6.52. The normalized spacial score (nSPS) is 13.3. The van der Waals surface area contributed by atoms with Crippen LogP contribution in [0.25, 0.3) is 6.08 Å². The molecular formula is C20H22N2. The molecule has 0 saturated carbocycles. The van der Waals surface area contributed by atoms with E-state index in [9.17, 15) is 0 Å². The van der Waals surface area contributed by atoms with E-state index < -0.39 is 0 Å². The highest BCUT2D eigenvalue weighted by Crippen LogP contribution is 2.24. The molecule has 22 heavy (non-hydrogen) atoms. The summed E-state index contributed by atoms with van der Waals surface area (Å²) in [7, 11) is 0. The second-order valence-corrected chi connectivity index (χ2v) is 5.64. The number of aryl methyl sites for hydroxylation is 2. The number of benzene rings is 1. The fourth-order valence-corrected chi connectivity index (χ4v) is 3.00. The summed E-state index contributed by atoms with van der Waals surface area (Å²) in [6.07, 6.45) is 9.78. The quantitative estimate of drug-likeness (QED) is 0.747. The van der Waals surface area contributed by atoms with Crippen LogP contribution in [-0.2, 0) is 12.8 Å². The second-order valence-electron chi connectivity index (χ2n) is 5.64. The predicted octanol–water partition coefficient (Wildman–Crippen LogP) is 4.62. The summed E-state index contributed by atoms with van der Waals surface area (Å²) < 4.78 is 0. The van der Waals surface area contributed by atoms with Crippen LogP contribution < -0.4 is 4.90 Å². The van der Waals surface area contributed by atoms with Gasteiger partial charge in [0, 0.05) is 18.4 Å². The Bertz CT molecular complexity index is 686. The van der Waals surface area contributed by atoms with Crippen molar-refractivity contribution in [3.63, 3.8) is 0 Å². The van der Waals surface area contributed by atoms with Crippen molar-refractivity contribution in [3.05, 3.63) is 77.6 Å². The van der Waals surface area contributed by atoms with Gasteiger partial charge in [0.2, 0.25) is 0 Å². The minimum Gasteiger partial charge on any atom is -0.327 e. The summed E-state index contributed by atoms with van der Waals surface area (Å²) in [5, 5.41) is 0. The van der Waals surface area contributed by atoms with Crippen LogP contribution in [0.5, 0.6) is 0 Å². The standard InChI is InChI=1S/C20H22N2/c1-3-22(20-9-4-5-14-21-20)16(2)10-11-17-12-13-18-7-6-8-19(18)15-17/h4-5,9-15H,2-3,6-8H2,1H3/b11-10+. The van der Waals surface area contributed by atoms with Gasteiger partial charge in [-0.15, -0.1) is 0 Å². The second kappa shape index (κ2) is 6.61. The van der Waals surface area contributed by atoms with Gasteiger partial charge in [0.25, 0.3) is 0 Å². The minimum absolute atomic E-state index is 0.852. The Hall–Kier alpha value is -2.35. The van der Waals surface area contributed by atoms with Crippen LogP contribution in [0.15, 0.2) is 60.9 Å². The third-order valence-corrected chi connectivity index (χ3v) is 4.18. The fraction of sp³-hybridized carbons (Fsp3) is 0.250. The summed E-state index contributed by atoms with van der Waals surface area (Å²) in [5.74, 6) is 0.939. The molecule has 0 atom stereocenters. The van der Waals surface area contributed by atoms with Crippen molar-refractivity contribution in [1.29, 1.82) is 0 Å². The maximum Gasteiger partial charge on any atom is 0.132 e. The van der Waals surface area contributed by atoms with Crippen molar-refractivity contribution in [1.82, 2.24) is 4.98 Å². The van der Waals surface area contributed by atoms with E-state index in [2.05, 4.69) is 53.7 Å². The zero-order chi connectivity index (χ0) is 15.4. The van der Waals surface area contributed by atoms with Crippen molar-refractivity contribution < 1.29 is 0 Å². The van der Waals surface area contributed by atoms with Gasteiger partial charge in [-0.2, -0.15) is 0 Å². The number of nitrogens with zero attached hydrogens (tertiary/aromatic N) is 2. The minimum atomic E-state index is 0.852. The van der Waals surface area contributed by atoms with Crippen LogP contribution in [-0.4, -0.2) is 11.5 Å². The maximum atomic E-state index is 4.40. The van der Waals surface area contributed by atoms with Crippen molar-refractivity contribution >= 4 is 11.9 Å². The van der Waals surface area contributed by atoms with Crippen LogP contribution in [0.3, 0.4) is 0 Å². The lowest BCUT2D eigenvalue weighted by atomic mass is 10.1. The highest BCUT2D eigenvalue weighted by molar-refractivity contribution is 5.59. The molecule has 0 N–H and O–H groups in total. The molecule has 0 bridgehead atoms. The molecule has 0 fully saturated rings. The van der Waals surface area contributed by atoms with E-state index >= 15 is 0 Å². The molecule has 0 radical (unpaired) electrons. The summed E-state index contributed by atoms with van der Waals surface area (Å²) in [5.41, 5.74) is 5.23.